The molecule has 6 nitrogen and oxygen atoms in total. The highest BCUT2D eigenvalue weighted by atomic mass is 16.7. The minimum absolute atomic E-state index is 0.444. The van der Waals surface area contributed by atoms with Crippen molar-refractivity contribution in [2.24, 2.45) is 0 Å². The molecule has 2 aromatic carbocycles. The third-order valence-electron chi connectivity index (χ3n) is 4.06. The summed E-state index contributed by atoms with van der Waals surface area (Å²) in [6.07, 6.45) is -6.44. The molecule has 1 aliphatic heterocycles. The highest BCUT2D eigenvalue weighted by molar-refractivity contribution is 5.63. The van der Waals surface area contributed by atoms with Crippen LogP contribution in [-0.4, -0.2) is 57.7 Å². The maximum atomic E-state index is 9.97. The Morgan fingerprint density at radius 1 is 0.792 bits per heavy atom. The molecule has 5 unspecified atom stereocenters. The lowest BCUT2D eigenvalue weighted by molar-refractivity contribution is -0.277. The Labute approximate surface area is 139 Å². The van der Waals surface area contributed by atoms with E-state index in [4.69, 9.17) is 9.47 Å². The zero-order valence-electron chi connectivity index (χ0n) is 12.9. The van der Waals surface area contributed by atoms with Gasteiger partial charge >= 0.3 is 0 Å². The van der Waals surface area contributed by atoms with Gasteiger partial charge in [0.05, 0.1) is 6.61 Å². The van der Waals surface area contributed by atoms with Gasteiger partial charge in [-0.3, -0.25) is 0 Å². The summed E-state index contributed by atoms with van der Waals surface area (Å²) in [4.78, 5) is 0. The van der Waals surface area contributed by atoms with E-state index in [-0.39, 0.29) is 0 Å². The fraction of sp³-hybridized carbons (Fsp3) is 0.333. The van der Waals surface area contributed by atoms with E-state index in [1.165, 1.54) is 0 Å². The number of hydrogen-bond donors (Lipinski definition) is 4. The molecular formula is C18H20O6. The predicted octanol–water partition coefficient (Wildman–Crippen LogP) is 0.532. The molecule has 5 atom stereocenters. The summed E-state index contributed by atoms with van der Waals surface area (Å²) in [5.74, 6) is 0.444. The van der Waals surface area contributed by atoms with Gasteiger partial charge in [0.25, 0.3) is 0 Å². The summed E-state index contributed by atoms with van der Waals surface area (Å²) in [6, 6.07) is 17.0. The lowest BCUT2D eigenvalue weighted by Gasteiger charge is -2.39. The minimum atomic E-state index is -1.45. The fourth-order valence-electron chi connectivity index (χ4n) is 2.66. The molecule has 1 fully saturated rings. The fourth-order valence-corrected chi connectivity index (χ4v) is 2.66. The normalized spacial score (nSPS) is 30.1. The van der Waals surface area contributed by atoms with E-state index in [0.29, 0.717) is 5.75 Å². The van der Waals surface area contributed by atoms with E-state index in [0.717, 1.165) is 11.1 Å². The Bertz CT molecular complexity index is 642. The van der Waals surface area contributed by atoms with Crippen molar-refractivity contribution >= 4 is 0 Å². The standard InChI is InChI=1S/C18H20O6/c19-10-14-15(20)16(21)17(22)18(24-14)23-13-8-6-12(7-9-13)11-4-2-1-3-5-11/h1-9,14-22H,10H2. The highest BCUT2D eigenvalue weighted by Gasteiger charge is 2.44. The Morgan fingerprint density at radius 2 is 1.42 bits per heavy atom. The summed E-state index contributed by atoms with van der Waals surface area (Å²) in [5.41, 5.74) is 2.08. The molecule has 6 heteroatoms. The molecule has 0 amide bonds. The number of benzene rings is 2. The average molecular weight is 332 g/mol. The highest BCUT2D eigenvalue weighted by Crippen LogP contribution is 2.26. The second-order valence-corrected chi connectivity index (χ2v) is 5.71. The Hall–Kier alpha value is -1.96. The first-order chi connectivity index (χ1) is 11.6. The van der Waals surface area contributed by atoms with Crippen molar-refractivity contribution in [3.8, 4) is 16.9 Å². The van der Waals surface area contributed by atoms with Crippen molar-refractivity contribution in [3.63, 3.8) is 0 Å². The van der Waals surface area contributed by atoms with Gasteiger partial charge in [0.2, 0.25) is 6.29 Å². The molecule has 0 radical (unpaired) electrons. The second-order valence-electron chi connectivity index (χ2n) is 5.71. The van der Waals surface area contributed by atoms with Crippen molar-refractivity contribution in [3.05, 3.63) is 54.6 Å². The Kier molecular flexibility index (Phi) is 5.13. The zero-order chi connectivity index (χ0) is 17.1. The van der Waals surface area contributed by atoms with E-state index in [1.54, 1.807) is 12.1 Å². The molecule has 1 aliphatic rings. The number of aliphatic hydroxyl groups is 4. The minimum Gasteiger partial charge on any atom is -0.462 e. The number of ether oxygens (including phenoxy) is 2. The number of hydrogen-bond acceptors (Lipinski definition) is 6. The zero-order valence-corrected chi connectivity index (χ0v) is 12.9. The summed E-state index contributed by atoms with van der Waals surface area (Å²) >= 11 is 0. The van der Waals surface area contributed by atoms with Crippen LogP contribution in [0.25, 0.3) is 11.1 Å². The Balaban J connectivity index is 1.71. The van der Waals surface area contributed by atoms with Crippen LogP contribution < -0.4 is 4.74 Å². The van der Waals surface area contributed by atoms with E-state index >= 15 is 0 Å². The van der Waals surface area contributed by atoms with Crippen LogP contribution in [0.4, 0.5) is 0 Å². The third-order valence-corrected chi connectivity index (χ3v) is 4.06. The van der Waals surface area contributed by atoms with Gasteiger partial charge in [0, 0.05) is 0 Å². The molecule has 128 valence electrons. The molecular weight excluding hydrogens is 312 g/mol. The van der Waals surface area contributed by atoms with Crippen molar-refractivity contribution < 1.29 is 29.9 Å². The van der Waals surface area contributed by atoms with Crippen LogP contribution in [0.1, 0.15) is 0 Å². The molecule has 0 saturated carbocycles. The van der Waals surface area contributed by atoms with Crippen molar-refractivity contribution in [2.75, 3.05) is 6.61 Å². The van der Waals surface area contributed by atoms with Gasteiger partial charge in [-0.15, -0.1) is 0 Å². The van der Waals surface area contributed by atoms with Crippen LogP contribution in [-0.2, 0) is 4.74 Å². The summed E-state index contributed by atoms with van der Waals surface area (Å²) < 4.78 is 10.9. The van der Waals surface area contributed by atoms with Gasteiger partial charge in [-0.05, 0) is 23.3 Å². The van der Waals surface area contributed by atoms with Gasteiger partial charge in [-0.1, -0.05) is 42.5 Å². The molecule has 0 aliphatic carbocycles. The predicted molar refractivity (Wildman–Crippen MR) is 86.3 cm³/mol. The summed E-state index contributed by atoms with van der Waals surface area (Å²) in [7, 11) is 0. The van der Waals surface area contributed by atoms with Crippen molar-refractivity contribution in [1.29, 1.82) is 0 Å². The van der Waals surface area contributed by atoms with Crippen molar-refractivity contribution in [2.45, 2.75) is 30.7 Å². The van der Waals surface area contributed by atoms with E-state index < -0.39 is 37.3 Å². The molecule has 2 aromatic rings. The molecule has 0 aromatic heterocycles. The molecule has 4 N–H and O–H groups in total. The van der Waals surface area contributed by atoms with Gasteiger partial charge < -0.3 is 29.9 Å². The van der Waals surface area contributed by atoms with Crippen LogP contribution in [0.3, 0.4) is 0 Å². The smallest absolute Gasteiger partial charge is 0.229 e. The molecule has 0 bridgehead atoms. The molecule has 0 spiro atoms. The summed E-state index contributed by atoms with van der Waals surface area (Å²) in [5, 5.41) is 38.7. The quantitative estimate of drug-likeness (QED) is 0.652. The summed E-state index contributed by atoms with van der Waals surface area (Å²) in [6.45, 7) is -0.488. The lowest BCUT2D eigenvalue weighted by Crippen LogP contribution is -2.60. The van der Waals surface area contributed by atoms with Crippen LogP contribution in [0.2, 0.25) is 0 Å². The maximum absolute atomic E-state index is 9.97. The van der Waals surface area contributed by atoms with Crippen LogP contribution >= 0.6 is 0 Å². The van der Waals surface area contributed by atoms with E-state index in [9.17, 15) is 20.4 Å². The lowest BCUT2D eigenvalue weighted by atomic mass is 9.99. The molecule has 1 heterocycles. The first-order valence-corrected chi connectivity index (χ1v) is 7.73. The maximum Gasteiger partial charge on any atom is 0.229 e. The second kappa shape index (κ2) is 7.29. The van der Waals surface area contributed by atoms with E-state index in [1.807, 2.05) is 42.5 Å². The largest absolute Gasteiger partial charge is 0.462 e. The first-order valence-electron chi connectivity index (χ1n) is 7.73. The average Bonchev–Trinajstić information content (AvgIpc) is 2.63. The molecule has 24 heavy (non-hydrogen) atoms. The number of rotatable bonds is 4. The third kappa shape index (κ3) is 3.43. The molecule has 1 saturated heterocycles. The monoisotopic (exact) mass is 332 g/mol. The van der Waals surface area contributed by atoms with Gasteiger partial charge in [-0.25, -0.2) is 0 Å². The van der Waals surface area contributed by atoms with E-state index in [2.05, 4.69) is 0 Å². The van der Waals surface area contributed by atoms with Gasteiger partial charge in [0.15, 0.2) is 0 Å². The first kappa shape index (κ1) is 16.9. The van der Waals surface area contributed by atoms with Crippen LogP contribution in [0.5, 0.6) is 5.75 Å². The topological polar surface area (TPSA) is 99.4 Å². The Morgan fingerprint density at radius 3 is 2.04 bits per heavy atom. The van der Waals surface area contributed by atoms with Gasteiger partial charge in [-0.2, -0.15) is 0 Å². The van der Waals surface area contributed by atoms with Crippen molar-refractivity contribution in [1.82, 2.24) is 0 Å². The van der Waals surface area contributed by atoms with Gasteiger partial charge in [0.1, 0.15) is 30.2 Å². The number of aliphatic hydroxyl groups excluding tert-OH is 4. The molecule has 3 rings (SSSR count). The SMILES string of the molecule is OCC1OC(Oc2ccc(-c3ccccc3)cc2)C(O)C(O)C1O. The van der Waals surface area contributed by atoms with Crippen LogP contribution in [0, 0.1) is 0 Å². The van der Waals surface area contributed by atoms with Crippen LogP contribution in [0.15, 0.2) is 54.6 Å².